The zero-order valence-electron chi connectivity index (χ0n) is 18.1. The summed E-state index contributed by atoms with van der Waals surface area (Å²) < 4.78 is 21.5. The quantitative estimate of drug-likeness (QED) is 0.494. The molecule has 1 N–H and O–H groups in total. The fourth-order valence-corrected chi connectivity index (χ4v) is 2.60. The van der Waals surface area contributed by atoms with Gasteiger partial charge in [-0.25, -0.2) is 4.79 Å². The first-order valence-corrected chi connectivity index (χ1v) is 9.63. The lowest BCUT2D eigenvalue weighted by molar-refractivity contribution is -0.150. The Hall–Kier alpha value is -3.29. The predicted octanol–water partition coefficient (Wildman–Crippen LogP) is 3.35. The van der Waals surface area contributed by atoms with E-state index in [0.29, 0.717) is 29.4 Å². The van der Waals surface area contributed by atoms with Gasteiger partial charge in [-0.15, -0.1) is 0 Å². The molecule has 0 unspecified atom stereocenters. The molecule has 1 heterocycles. The average Bonchev–Trinajstić information content (AvgIpc) is 3.02. The second kappa shape index (κ2) is 10.5. The minimum atomic E-state index is -0.876. The summed E-state index contributed by atoms with van der Waals surface area (Å²) in [5.74, 6) is 0.825. The van der Waals surface area contributed by atoms with Gasteiger partial charge in [0.25, 0.3) is 5.91 Å². The third-order valence-corrected chi connectivity index (χ3v) is 4.25. The maximum Gasteiger partial charge on any atom is 0.331 e. The van der Waals surface area contributed by atoms with Gasteiger partial charge < -0.3 is 24.1 Å². The van der Waals surface area contributed by atoms with E-state index in [9.17, 15) is 9.59 Å². The lowest BCUT2D eigenvalue weighted by Gasteiger charge is -2.14. The summed E-state index contributed by atoms with van der Waals surface area (Å²) in [4.78, 5) is 23.8. The van der Waals surface area contributed by atoms with Crippen molar-refractivity contribution in [3.63, 3.8) is 0 Å². The highest BCUT2D eigenvalue weighted by molar-refractivity contribution is 5.90. The van der Waals surface area contributed by atoms with Gasteiger partial charge in [-0.1, -0.05) is 11.2 Å². The Morgan fingerprint density at radius 1 is 1.20 bits per heavy atom. The number of nitrogens with one attached hydrogen (secondary N) is 1. The molecule has 8 heteroatoms. The van der Waals surface area contributed by atoms with Gasteiger partial charge >= 0.3 is 5.97 Å². The molecular formula is C22H28N2O6. The lowest BCUT2D eigenvalue weighted by atomic mass is 10.2. The van der Waals surface area contributed by atoms with Crippen LogP contribution in [0.4, 0.5) is 0 Å². The topological polar surface area (TPSA) is 99.9 Å². The number of hydrogen-bond acceptors (Lipinski definition) is 7. The van der Waals surface area contributed by atoms with Crippen molar-refractivity contribution in [2.24, 2.45) is 0 Å². The molecule has 2 rings (SSSR count). The lowest BCUT2D eigenvalue weighted by Crippen LogP contribution is -2.39. The second-order valence-electron chi connectivity index (χ2n) is 7.08. The Bertz CT molecular complexity index is 897. The molecule has 0 aliphatic heterocycles. The first-order chi connectivity index (χ1) is 14.2. The smallest absolute Gasteiger partial charge is 0.331 e. The number of aryl methyl sites for hydroxylation is 2. The second-order valence-corrected chi connectivity index (χ2v) is 7.08. The van der Waals surface area contributed by atoms with E-state index in [1.807, 2.05) is 27.7 Å². The molecule has 1 amide bonds. The number of rotatable bonds is 9. The van der Waals surface area contributed by atoms with Crippen LogP contribution in [-0.2, 0) is 20.9 Å². The number of amides is 1. The van der Waals surface area contributed by atoms with Crippen LogP contribution in [0, 0.1) is 13.8 Å². The fraction of sp³-hybridized carbons (Fsp3) is 0.409. The van der Waals surface area contributed by atoms with Gasteiger partial charge in [-0.05, 0) is 58.4 Å². The summed E-state index contributed by atoms with van der Waals surface area (Å²) in [6.45, 7) is 9.18. The zero-order chi connectivity index (χ0) is 22.3. The molecule has 0 aliphatic rings. The monoisotopic (exact) mass is 416 g/mol. The van der Waals surface area contributed by atoms with Gasteiger partial charge in [-0.2, -0.15) is 0 Å². The van der Waals surface area contributed by atoms with Gasteiger partial charge in [0.2, 0.25) is 0 Å². The molecule has 1 atom stereocenters. The van der Waals surface area contributed by atoms with Crippen molar-refractivity contribution in [2.45, 2.75) is 53.4 Å². The van der Waals surface area contributed by atoms with Gasteiger partial charge in [0, 0.05) is 12.1 Å². The van der Waals surface area contributed by atoms with Crippen LogP contribution in [0.3, 0.4) is 0 Å². The summed E-state index contributed by atoms with van der Waals surface area (Å²) >= 11 is 0. The highest BCUT2D eigenvalue weighted by Crippen LogP contribution is 2.30. The van der Waals surface area contributed by atoms with E-state index in [0.717, 1.165) is 11.3 Å². The molecule has 0 saturated heterocycles. The number of methoxy groups -OCH3 is 1. The molecule has 0 fully saturated rings. The number of ether oxygens (including phenoxy) is 3. The summed E-state index contributed by atoms with van der Waals surface area (Å²) in [7, 11) is 1.54. The van der Waals surface area contributed by atoms with Gasteiger partial charge in [0.1, 0.15) is 12.4 Å². The first-order valence-electron chi connectivity index (χ1n) is 9.63. The molecule has 0 bridgehead atoms. The Morgan fingerprint density at radius 3 is 2.53 bits per heavy atom. The number of esters is 1. The Balaban J connectivity index is 2.00. The SMILES string of the molecule is COc1cc(/C=C/C(=O)O[C@@H](C)C(=O)NC(C)C)ccc1OCc1c(C)noc1C. The third-order valence-electron chi connectivity index (χ3n) is 4.25. The van der Waals surface area contributed by atoms with Crippen LogP contribution in [0.25, 0.3) is 6.08 Å². The van der Waals surface area contributed by atoms with Crippen LogP contribution in [0.5, 0.6) is 11.5 Å². The van der Waals surface area contributed by atoms with Crippen molar-refractivity contribution in [3.05, 3.63) is 46.9 Å². The minimum Gasteiger partial charge on any atom is -0.493 e. The number of benzene rings is 1. The van der Waals surface area contributed by atoms with Crippen molar-refractivity contribution >= 4 is 18.0 Å². The van der Waals surface area contributed by atoms with Gasteiger partial charge in [-0.3, -0.25) is 4.79 Å². The summed E-state index contributed by atoms with van der Waals surface area (Å²) in [5.41, 5.74) is 2.38. The Labute approximate surface area is 176 Å². The van der Waals surface area contributed by atoms with Crippen molar-refractivity contribution < 1.29 is 28.3 Å². The number of aromatic nitrogens is 1. The van der Waals surface area contributed by atoms with Crippen molar-refractivity contribution in [1.82, 2.24) is 10.5 Å². The van der Waals surface area contributed by atoms with E-state index in [1.165, 1.54) is 20.1 Å². The van der Waals surface area contributed by atoms with Crippen LogP contribution in [0.2, 0.25) is 0 Å². The van der Waals surface area contributed by atoms with Crippen LogP contribution in [-0.4, -0.2) is 36.3 Å². The molecule has 0 radical (unpaired) electrons. The van der Waals surface area contributed by atoms with Crippen molar-refractivity contribution in [2.75, 3.05) is 7.11 Å². The number of carbonyl (C=O) groups excluding carboxylic acids is 2. The summed E-state index contributed by atoms with van der Waals surface area (Å²) in [6, 6.07) is 5.24. The van der Waals surface area contributed by atoms with Crippen LogP contribution in [0.1, 0.15) is 43.4 Å². The van der Waals surface area contributed by atoms with Gasteiger partial charge in [0.15, 0.2) is 17.6 Å². The third kappa shape index (κ3) is 6.37. The fourth-order valence-electron chi connectivity index (χ4n) is 2.60. The van der Waals surface area contributed by atoms with Crippen LogP contribution < -0.4 is 14.8 Å². The average molecular weight is 416 g/mol. The van der Waals surface area contributed by atoms with Crippen molar-refractivity contribution in [3.8, 4) is 11.5 Å². The normalized spacial score (nSPS) is 12.1. The number of nitrogens with zero attached hydrogens (tertiary/aromatic N) is 1. The molecule has 8 nitrogen and oxygen atoms in total. The molecule has 30 heavy (non-hydrogen) atoms. The highest BCUT2D eigenvalue weighted by Gasteiger charge is 2.17. The predicted molar refractivity (Wildman–Crippen MR) is 111 cm³/mol. The van der Waals surface area contributed by atoms with E-state index >= 15 is 0 Å². The zero-order valence-corrected chi connectivity index (χ0v) is 18.1. The molecule has 1 aromatic carbocycles. The molecule has 0 aliphatic carbocycles. The molecule has 1 aromatic heterocycles. The first kappa shape index (κ1) is 23.0. The maximum absolute atomic E-state index is 12.0. The Kier molecular flexibility index (Phi) is 8.03. The van der Waals surface area contributed by atoms with E-state index < -0.39 is 12.1 Å². The molecule has 2 aromatic rings. The van der Waals surface area contributed by atoms with Gasteiger partial charge in [0.05, 0.1) is 18.4 Å². The number of hydrogen-bond donors (Lipinski definition) is 1. The maximum atomic E-state index is 12.0. The molecule has 0 saturated carbocycles. The van der Waals surface area contributed by atoms with Crippen LogP contribution >= 0.6 is 0 Å². The summed E-state index contributed by atoms with van der Waals surface area (Å²) in [6.07, 6.45) is 1.97. The van der Waals surface area contributed by atoms with E-state index in [2.05, 4.69) is 10.5 Å². The standard InChI is InChI=1S/C22H28N2O6/c1-13(2)23-22(26)16(5)29-21(25)10-8-17-7-9-19(20(11-17)27-6)28-12-18-14(3)24-30-15(18)4/h7-11,13,16H,12H2,1-6H3,(H,23,26)/b10-8+/t16-/m0/s1. The van der Waals surface area contributed by atoms with Crippen LogP contribution in [0.15, 0.2) is 28.8 Å². The molecule has 162 valence electrons. The van der Waals surface area contributed by atoms with E-state index in [4.69, 9.17) is 18.7 Å². The molecular weight excluding hydrogens is 388 g/mol. The molecule has 0 spiro atoms. The Morgan fingerprint density at radius 2 is 1.93 bits per heavy atom. The van der Waals surface area contributed by atoms with Crippen molar-refractivity contribution in [1.29, 1.82) is 0 Å². The number of carbonyl (C=O) groups is 2. The van der Waals surface area contributed by atoms with E-state index in [1.54, 1.807) is 24.3 Å². The highest BCUT2D eigenvalue weighted by atomic mass is 16.5. The minimum absolute atomic E-state index is 0.0278. The summed E-state index contributed by atoms with van der Waals surface area (Å²) in [5, 5.41) is 6.60. The largest absolute Gasteiger partial charge is 0.493 e. The van der Waals surface area contributed by atoms with E-state index in [-0.39, 0.29) is 11.9 Å².